The Bertz CT molecular complexity index is 3030. The molecule has 12 rings (SSSR count). The normalized spacial score (nSPS) is 15.7. The van der Waals surface area contributed by atoms with E-state index in [0.29, 0.717) is 0 Å². The lowest BCUT2D eigenvalue weighted by atomic mass is 9.67. The summed E-state index contributed by atoms with van der Waals surface area (Å²) in [4.78, 5) is 17.4. The van der Waals surface area contributed by atoms with Gasteiger partial charge in [-0.25, -0.2) is 0 Å². The molecule has 0 radical (unpaired) electrons. The van der Waals surface area contributed by atoms with E-state index in [1.165, 1.54) is 42.5 Å². The maximum absolute atomic E-state index is 5.32. The van der Waals surface area contributed by atoms with Crippen molar-refractivity contribution in [3.63, 3.8) is 0 Å². The van der Waals surface area contributed by atoms with Crippen LogP contribution in [-0.4, -0.2) is 24.1 Å². The predicted molar refractivity (Wildman–Crippen MR) is 210 cm³/mol. The molecule has 5 nitrogen and oxygen atoms in total. The number of benzene rings is 5. The van der Waals surface area contributed by atoms with Gasteiger partial charge in [-0.15, -0.1) is 0 Å². The molecule has 1 atom stereocenters. The van der Waals surface area contributed by atoms with E-state index < -0.39 is 5.41 Å². The maximum Gasteiger partial charge on any atom is 0.0939 e. The van der Waals surface area contributed by atoms with Gasteiger partial charge >= 0.3 is 0 Å². The molecule has 1 unspecified atom stereocenters. The number of pyridine rings is 3. The summed E-state index contributed by atoms with van der Waals surface area (Å²) < 4.78 is 4.77. The van der Waals surface area contributed by atoms with Gasteiger partial charge < -0.3 is 9.13 Å². The number of aromatic nitrogens is 5. The first-order chi connectivity index (χ1) is 25.8. The number of hydrogen-bond donors (Lipinski definition) is 0. The number of para-hydroxylation sites is 3. The number of hydrogen-bond acceptors (Lipinski definition) is 4. The van der Waals surface area contributed by atoms with E-state index in [4.69, 9.17) is 9.97 Å². The minimum atomic E-state index is -0.648. The first-order valence-electron chi connectivity index (χ1n) is 17.5. The smallest absolute Gasteiger partial charge is 0.0939 e. The van der Waals surface area contributed by atoms with Gasteiger partial charge in [0.05, 0.1) is 62.6 Å². The summed E-state index contributed by atoms with van der Waals surface area (Å²) in [6, 6.07) is 50.6. The first kappa shape index (κ1) is 28.2. The molecule has 6 heteroatoms. The van der Waals surface area contributed by atoms with Crippen LogP contribution in [0.5, 0.6) is 0 Å². The van der Waals surface area contributed by atoms with Crippen molar-refractivity contribution in [2.75, 3.05) is 0 Å². The lowest BCUT2D eigenvalue weighted by Gasteiger charge is -2.40. The van der Waals surface area contributed by atoms with E-state index in [-0.39, 0.29) is 0 Å². The second kappa shape index (κ2) is 10.3. The second-order valence-corrected chi connectivity index (χ2v) is 14.7. The fourth-order valence-electron chi connectivity index (χ4n) is 9.18. The Labute approximate surface area is 302 Å². The monoisotopic (exact) mass is 681 g/mol. The topological polar surface area (TPSA) is 48.5 Å². The van der Waals surface area contributed by atoms with Gasteiger partial charge in [-0.1, -0.05) is 103 Å². The Morgan fingerprint density at radius 2 is 1.10 bits per heavy atom. The Balaban J connectivity index is 1.21. The average Bonchev–Trinajstić information content (AvgIpc) is 3.82. The highest BCUT2D eigenvalue weighted by atomic mass is 32.2. The zero-order valence-electron chi connectivity index (χ0n) is 27.7. The van der Waals surface area contributed by atoms with Crippen LogP contribution < -0.4 is 0 Å². The average molecular weight is 682 g/mol. The van der Waals surface area contributed by atoms with Crippen molar-refractivity contribution in [3.8, 4) is 22.8 Å². The molecular weight excluding hydrogens is 655 g/mol. The molecule has 0 saturated heterocycles. The Kier molecular flexibility index (Phi) is 5.58. The van der Waals surface area contributed by atoms with Gasteiger partial charge in [0.1, 0.15) is 0 Å². The first-order valence-corrected chi connectivity index (χ1v) is 18.3. The van der Waals surface area contributed by atoms with Gasteiger partial charge in [-0.2, -0.15) is 0 Å². The molecule has 0 saturated carbocycles. The third-order valence-electron chi connectivity index (χ3n) is 11.2. The molecule has 242 valence electrons. The van der Waals surface area contributed by atoms with Crippen molar-refractivity contribution >= 4 is 55.4 Å². The van der Waals surface area contributed by atoms with Crippen molar-refractivity contribution in [2.24, 2.45) is 0 Å². The molecule has 5 aromatic heterocycles. The van der Waals surface area contributed by atoms with Crippen molar-refractivity contribution < 1.29 is 0 Å². The molecule has 0 fully saturated rings. The molecular formula is C46H27N5S. The van der Waals surface area contributed by atoms with Crippen LogP contribution in [-0.2, 0) is 5.41 Å². The fraction of sp³-hybridized carbons (Fsp3) is 0.0217. The molecule has 2 aliphatic rings. The molecule has 0 N–H and O–H groups in total. The van der Waals surface area contributed by atoms with Crippen LogP contribution in [0, 0.1) is 0 Å². The maximum atomic E-state index is 5.32. The Morgan fingerprint density at radius 3 is 1.88 bits per heavy atom. The summed E-state index contributed by atoms with van der Waals surface area (Å²) in [6.07, 6.45) is 7.82. The molecule has 1 spiro atoms. The quantitative estimate of drug-likeness (QED) is 0.182. The summed E-state index contributed by atoms with van der Waals surface area (Å²) >= 11 is 1.85. The number of nitrogens with zero attached hydrogens (tertiary/aromatic N) is 5. The van der Waals surface area contributed by atoms with Crippen molar-refractivity contribution in [3.05, 3.63) is 187 Å². The van der Waals surface area contributed by atoms with Crippen LogP contribution >= 0.6 is 11.8 Å². The third kappa shape index (κ3) is 3.47. The number of fused-ring (bicyclic) bond motifs is 15. The van der Waals surface area contributed by atoms with Crippen molar-refractivity contribution in [1.82, 2.24) is 24.1 Å². The zero-order valence-corrected chi connectivity index (χ0v) is 28.5. The minimum Gasteiger partial charge on any atom is -0.308 e. The zero-order chi connectivity index (χ0) is 34.0. The number of rotatable bonds is 2. The van der Waals surface area contributed by atoms with Gasteiger partial charge in [0.25, 0.3) is 0 Å². The predicted octanol–water partition coefficient (Wildman–Crippen LogP) is 10.9. The Hall–Kier alpha value is -6.50. The largest absolute Gasteiger partial charge is 0.308 e. The van der Waals surface area contributed by atoms with E-state index in [1.807, 2.05) is 36.5 Å². The van der Waals surface area contributed by atoms with Crippen LogP contribution in [0.15, 0.2) is 174 Å². The summed E-state index contributed by atoms with van der Waals surface area (Å²) in [6.45, 7) is 0. The standard InChI is InChI=1S/C46H27N5S/c1-5-17-37-29(11-1)30-12-2-6-18-38(30)50(37)28-25-36-44(49-26-28)43-34(16-10-23-48-43)46(36)33-14-4-8-21-42(33)52-45-35(46)15-9-20-40(45)51-39-19-7-3-13-31(39)32-22-24-47-27-41(32)51/h1-27H. The molecule has 52 heavy (non-hydrogen) atoms. The van der Waals surface area contributed by atoms with E-state index >= 15 is 0 Å². The van der Waals surface area contributed by atoms with Crippen LogP contribution in [0.3, 0.4) is 0 Å². The summed E-state index contributed by atoms with van der Waals surface area (Å²) in [7, 11) is 0. The highest BCUT2D eigenvalue weighted by molar-refractivity contribution is 7.99. The van der Waals surface area contributed by atoms with Crippen LogP contribution in [0.25, 0.3) is 66.4 Å². The van der Waals surface area contributed by atoms with Gasteiger partial charge in [0.15, 0.2) is 0 Å². The fourth-order valence-corrected chi connectivity index (χ4v) is 10.5. The van der Waals surface area contributed by atoms with Gasteiger partial charge in [0, 0.05) is 49.3 Å². The lowest BCUT2D eigenvalue weighted by Crippen LogP contribution is -2.32. The van der Waals surface area contributed by atoms with Crippen molar-refractivity contribution in [1.29, 1.82) is 0 Å². The van der Waals surface area contributed by atoms with Crippen molar-refractivity contribution in [2.45, 2.75) is 15.2 Å². The summed E-state index contributed by atoms with van der Waals surface area (Å²) in [5.74, 6) is 0. The molecule has 5 aromatic carbocycles. The van der Waals surface area contributed by atoms with Gasteiger partial charge in [-0.05, 0) is 65.2 Å². The molecule has 6 heterocycles. The highest BCUT2D eigenvalue weighted by Gasteiger charge is 2.52. The van der Waals surface area contributed by atoms with E-state index in [9.17, 15) is 0 Å². The summed E-state index contributed by atoms with van der Waals surface area (Å²) in [5.41, 5.74) is 12.8. The van der Waals surface area contributed by atoms with Gasteiger partial charge in [0.2, 0.25) is 0 Å². The SMILES string of the molecule is c1ccc2c(c1)Sc1c(-n3c4ccccc4c4ccncc43)cccc1C21c2cccnc2-c2ncc(-n3c4ccccc4c4ccccc43)cc21. The lowest BCUT2D eigenvalue weighted by molar-refractivity contribution is 0.716. The Morgan fingerprint density at radius 1 is 0.462 bits per heavy atom. The van der Waals surface area contributed by atoms with Gasteiger partial charge in [-0.3, -0.25) is 15.0 Å². The van der Waals surface area contributed by atoms with E-state index in [2.05, 4.69) is 154 Å². The van der Waals surface area contributed by atoms with Crippen LogP contribution in [0.2, 0.25) is 0 Å². The van der Waals surface area contributed by atoms with Crippen LogP contribution in [0.4, 0.5) is 0 Å². The third-order valence-corrected chi connectivity index (χ3v) is 12.4. The van der Waals surface area contributed by atoms with E-state index in [1.54, 1.807) is 0 Å². The molecule has 0 amide bonds. The highest BCUT2D eigenvalue weighted by Crippen LogP contribution is 2.62. The molecule has 0 bridgehead atoms. The second-order valence-electron chi connectivity index (χ2n) is 13.6. The van der Waals surface area contributed by atoms with Crippen LogP contribution in [0.1, 0.15) is 22.3 Å². The molecule has 10 aromatic rings. The van der Waals surface area contributed by atoms with E-state index in [0.717, 1.165) is 56.0 Å². The summed E-state index contributed by atoms with van der Waals surface area (Å²) in [5, 5.41) is 4.87. The minimum absolute atomic E-state index is 0.648. The molecule has 1 aliphatic carbocycles. The molecule has 1 aliphatic heterocycles.